The molecule has 2 heterocycles. The zero-order valence-corrected chi connectivity index (χ0v) is 16.1. The first-order valence-electron chi connectivity index (χ1n) is 9.09. The molecule has 1 aromatic carbocycles. The molecule has 146 valence electrons. The van der Waals surface area contributed by atoms with Gasteiger partial charge in [-0.2, -0.15) is 4.99 Å². The van der Waals surface area contributed by atoms with Crippen molar-refractivity contribution in [3.05, 3.63) is 59.9 Å². The van der Waals surface area contributed by atoms with E-state index in [9.17, 15) is 4.79 Å². The van der Waals surface area contributed by atoms with Crippen LogP contribution in [-0.4, -0.2) is 28.5 Å². The summed E-state index contributed by atoms with van der Waals surface area (Å²) in [6.45, 7) is 4.31. The first kappa shape index (κ1) is 19.3. The third-order valence-electron chi connectivity index (χ3n) is 4.42. The maximum absolute atomic E-state index is 12.2. The molecule has 0 radical (unpaired) electrons. The number of hydrogen-bond acceptors (Lipinski definition) is 7. The molecule has 1 aliphatic heterocycles. The number of nitrogens with two attached hydrogens (primary N) is 2. The van der Waals surface area contributed by atoms with Crippen LogP contribution >= 0.6 is 0 Å². The Hall–Kier alpha value is -3.42. The summed E-state index contributed by atoms with van der Waals surface area (Å²) >= 11 is 0. The van der Waals surface area contributed by atoms with Gasteiger partial charge in [-0.3, -0.25) is 14.7 Å². The second-order valence-electron chi connectivity index (χ2n) is 7.08. The second kappa shape index (κ2) is 8.08. The van der Waals surface area contributed by atoms with E-state index < -0.39 is 5.66 Å². The summed E-state index contributed by atoms with van der Waals surface area (Å²) in [4.78, 5) is 26.5. The van der Waals surface area contributed by atoms with E-state index >= 15 is 0 Å². The highest BCUT2D eigenvalue weighted by atomic mass is 16.1. The Bertz CT molecular complexity index is 906. The van der Waals surface area contributed by atoms with Gasteiger partial charge in [-0.15, -0.1) is 0 Å². The first-order chi connectivity index (χ1) is 13.3. The minimum atomic E-state index is -0.643. The largest absolute Gasteiger partial charge is 0.369 e. The molecule has 3 rings (SSSR count). The van der Waals surface area contributed by atoms with Gasteiger partial charge < -0.3 is 16.8 Å². The number of hydrogen-bond donors (Lipinski definition) is 3. The van der Waals surface area contributed by atoms with E-state index in [1.165, 1.54) is 0 Å². The predicted molar refractivity (Wildman–Crippen MR) is 111 cm³/mol. The number of aromatic nitrogens is 1. The van der Waals surface area contributed by atoms with Gasteiger partial charge in [-0.25, -0.2) is 4.99 Å². The quantitative estimate of drug-likeness (QED) is 0.702. The lowest BCUT2D eigenvalue weighted by atomic mass is 10.1. The first-order valence-corrected chi connectivity index (χ1v) is 9.09. The van der Waals surface area contributed by atoms with Crippen LogP contribution in [0.4, 0.5) is 5.69 Å². The number of carbonyl (C=O) groups is 1. The number of anilines is 1. The number of pyridine rings is 1. The molecule has 0 saturated heterocycles. The Labute approximate surface area is 164 Å². The molecule has 0 unspecified atom stereocenters. The molecule has 0 bridgehead atoms. The van der Waals surface area contributed by atoms with Crippen LogP contribution < -0.4 is 21.7 Å². The zero-order chi connectivity index (χ0) is 20.1. The lowest BCUT2D eigenvalue weighted by Gasteiger charge is -2.38. The van der Waals surface area contributed by atoms with Gasteiger partial charge in [0.25, 0.3) is 0 Å². The van der Waals surface area contributed by atoms with E-state index in [0.29, 0.717) is 25.3 Å². The minimum Gasteiger partial charge on any atom is -0.369 e. The van der Waals surface area contributed by atoms with Crippen molar-refractivity contribution in [2.24, 2.45) is 21.5 Å². The van der Waals surface area contributed by atoms with Gasteiger partial charge in [0.05, 0.1) is 0 Å². The average Bonchev–Trinajstić information content (AvgIpc) is 2.64. The van der Waals surface area contributed by atoms with Crippen molar-refractivity contribution < 1.29 is 4.79 Å². The van der Waals surface area contributed by atoms with Crippen LogP contribution in [-0.2, 0) is 17.8 Å². The molecular formula is C20H25N7O. The summed E-state index contributed by atoms with van der Waals surface area (Å²) in [5, 5.41) is 2.91. The summed E-state index contributed by atoms with van der Waals surface area (Å²) in [6, 6.07) is 11.6. The number of guanidine groups is 2. The molecule has 28 heavy (non-hydrogen) atoms. The average molecular weight is 379 g/mol. The van der Waals surface area contributed by atoms with Crippen molar-refractivity contribution in [2.45, 2.75) is 38.9 Å². The fourth-order valence-electron chi connectivity index (χ4n) is 3.15. The van der Waals surface area contributed by atoms with Crippen LogP contribution in [0.3, 0.4) is 0 Å². The molecule has 0 fully saturated rings. The molecule has 1 amide bonds. The minimum absolute atomic E-state index is 0.00833. The van der Waals surface area contributed by atoms with Crippen molar-refractivity contribution in [2.75, 3.05) is 4.90 Å². The number of nitrogens with one attached hydrogen (secondary N) is 1. The number of aryl methyl sites for hydroxylation is 1. The van der Waals surface area contributed by atoms with E-state index in [1.54, 1.807) is 12.4 Å². The highest BCUT2D eigenvalue weighted by Gasteiger charge is 2.32. The molecule has 0 aliphatic carbocycles. The molecular weight excluding hydrogens is 354 g/mol. The summed E-state index contributed by atoms with van der Waals surface area (Å²) in [6.07, 6.45) is 4.45. The number of nitrogens with zero attached hydrogens (tertiary/aromatic N) is 4. The fourth-order valence-corrected chi connectivity index (χ4v) is 3.15. The molecule has 8 nitrogen and oxygen atoms in total. The topological polar surface area (TPSA) is 122 Å². The highest BCUT2D eigenvalue weighted by molar-refractivity contribution is 6.05. The van der Waals surface area contributed by atoms with E-state index in [4.69, 9.17) is 11.5 Å². The van der Waals surface area contributed by atoms with Gasteiger partial charge in [-0.05, 0) is 49.6 Å². The second-order valence-corrected chi connectivity index (χ2v) is 7.08. The zero-order valence-electron chi connectivity index (χ0n) is 16.1. The molecule has 5 N–H and O–H groups in total. The third kappa shape index (κ3) is 4.64. The normalized spacial score (nSPS) is 15.6. The number of rotatable bonds is 6. The van der Waals surface area contributed by atoms with E-state index in [-0.39, 0.29) is 11.9 Å². The lowest BCUT2D eigenvalue weighted by molar-refractivity contribution is -0.121. The van der Waals surface area contributed by atoms with Gasteiger partial charge in [0.15, 0.2) is 0 Å². The van der Waals surface area contributed by atoms with Crippen LogP contribution in [0.15, 0.2) is 58.8 Å². The number of carbonyl (C=O) groups excluding carboxylic acids is 1. The summed E-state index contributed by atoms with van der Waals surface area (Å²) in [5.74, 6) is 0.454. The van der Waals surface area contributed by atoms with Crippen LogP contribution in [0, 0.1) is 0 Å². The Balaban J connectivity index is 1.62. The van der Waals surface area contributed by atoms with Crippen molar-refractivity contribution >= 4 is 23.5 Å². The number of benzene rings is 1. The van der Waals surface area contributed by atoms with Gasteiger partial charge in [0.2, 0.25) is 17.8 Å². The monoisotopic (exact) mass is 379 g/mol. The molecule has 0 saturated carbocycles. The summed E-state index contributed by atoms with van der Waals surface area (Å²) in [7, 11) is 0. The summed E-state index contributed by atoms with van der Waals surface area (Å²) < 4.78 is 0. The maximum Gasteiger partial charge on any atom is 0.220 e. The molecule has 2 aromatic rings. The Morgan fingerprint density at radius 1 is 1.18 bits per heavy atom. The smallest absolute Gasteiger partial charge is 0.220 e. The lowest BCUT2D eigenvalue weighted by Crippen LogP contribution is -2.54. The van der Waals surface area contributed by atoms with Crippen molar-refractivity contribution in [3.63, 3.8) is 0 Å². The van der Waals surface area contributed by atoms with Crippen LogP contribution in [0.2, 0.25) is 0 Å². The van der Waals surface area contributed by atoms with E-state index in [0.717, 1.165) is 16.8 Å². The number of amides is 1. The van der Waals surface area contributed by atoms with Crippen molar-refractivity contribution in [1.29, 1.82) is 0 Å². The van der Waals surface area contributed by atoms with Gasteiger partial charge in [-0.1, -0.05) is 18.2 Å². The third-order valence-corrected chi connectivity index (χ3v) is 4.42. The van der Waals surface area contributed by atoms with Gasteiger partial charge >= 0.3 is 0 Å². The van der Waals surface area contributed by atoms with E-state index in [1.807, 2.05) is 55.1 Å². The maximum atomic E-state index is 12.2. The predicted octanol–water partition coefficient (Wildman–Crippen LogP) is 1.52. The number of aliphatic imine (C=N–C) groups is 2. The Kier molecular flexibility index (Phi) is 5.58. The SMILES string of the molecule is CC1(C)N=C(N)N=C(N)N1c1cccc(CCC(=O)NCc2cccnc2)c1. The molecule has 1 aromatic heterocycles. The molecule has 8 heteroatoms. The molecule has 0 spiro atoms. The van der Waals surface area contributed by atoms with E-state index in [2.05, 4.69) is 20.3 Å². The summed E-state index contributed by atoms with van der Waals surface area (Å²) in [5.41, 5.74) is 14.0. The van der Waals surface area contributed by atoms with Crippen LogP contribution in [0.25, 0.3) is 0 Å². The highest BCUT2D eigenvalue weighted by Crippen LogP contribution is 2.28. The van der Waals surface area contributed by atoms with Gasteiger partial charge in [0.1, 0.15) is 5.66 Å². The fraction of sp³-hybridized carbons (Fsp3) is 0.300. The molecule has 0 atom stereocenters. The Morgan fingerprint density at radius 3 is 2.68 bits per heavy atom. The van der Waals surface area contributed by atoms with Gasteiger partial charge in [0, 0.05) is 31.0 Å². The molecule has 1 aliphatic rings. The Morgan fingerprint density at radius 2 is 1.96 bits per heavy atom. The van der Waals surface area contributed by atoms with Crippen molar-refractivity contribution in [3.8, 4) is 0 Å². The van der Waals surface area contributed by atoms with Crippen molar-refractivity contribution in [1.82, 2.24) is 10.3 Å². The van der Waals surface area contributed by atoms with Crippen LogP contribution in [0.1, 0.15) is 31.4 Å². The standard InChI is InChI=1S/C20H25N7O/c1-20(2)26-18(21)25-19(22)27(20)16-7-3-5-14(11-16)8-9-17(28)24-13-15-6-4-10-23-12-15/h3-7,10-12H,8-9,13H2,1-2H3,(H,24,28)(H4,21,22,25,26). The van der Waals surface area contributed by atoms with Crippen LogP contribution in [0.5, 0.6) is 0 Å².